The van der Waals surface area contributed by atoms with Gasteiger partial charge in [0.15, 0.2) is 5.82 Å². The molecule has 0 saturated carbocycles. The summed E-state index contributed by atoms with van der Waals surface area (Å²) < 4.78 is 5.13. The van der Waals surface area contributed by atoms with Crippen LogP contribution in [0.4, 0.5) is 11.6 Å². The third-order valence-corrected chi connectivity index (χ3v) is 3.26. The third-order valence-electron chi connectivity index (χ3n) is 3.05. The van der Waals surface area contributed by atoms with Crippen LogP contribution < -0.4 is 5.32 Å². The van der Waals surface area contributed by atoms with Crippen molar-refractivity contribution in [2.45, 2.75) is 6.61 Å². The van der Waals surface area contributed by atoms with Crippen LogP contribution in [0, 0.1) is 0 Å². The molecule has 2 aromatic heterocycles. The molecule has 0 amide bonds. The summed E-state index contributed by atoms with van der Waals surface area (Å²) in [5.74, 6) is 0.984. The summed E-state index contributed by atoms with van der Waals surface area (Å²) in [5.41, 5.74) is 2.72. The summed E-state index contributed by atoms with van der Waals surface area (Å²) in [6.45, 7) is 0.549. The van der Waals surface area contributed by atoms with E-state index in [1.54, 1.807) is 25.4 Å². The van der Waals surface area contributed by atoms with E-state index in [1.165, 1.54) is 6.33 Å². The lowest BCUT2D eigenvalue weighted by atomic mass is 10.2. The Morgan fingerprint density at radius 3 is 2.87 bits per heavy atom. The van der Waals surface area contributed by atoms with Gasteiger partial charge in [0.1, 0.15) is 11.5 Å². The van der Waals surface area contributed by atoms with E-state index in [4.69, 9.17) is 16.3 Å². The van der Waals surface area contributed by atoms with Crippen LogP contribution in [0.1, 0.15) is 5.56 Å². The number of ether oxygens (including phenoxy) is 1. The molecule has 3 aromatic rings. The first kappa shape index (κ1) is 15.3. The number of pyridine rings is 1. The average molecular weight is 328 g/mol. The number of rotatable bonds is 5. The second kappa shape index (κ2) is 7.13. The van der Waals surface area contributed by atoms with Gasteiger partial charge in [-0.3, -0.25) is 0 Å². The van der Waals surface area contributed by atoms with Gasteiger partial charge in [0, 0.05) is 24.6 Å². The van der Waals surface area contributed by atoms with Crippen molar-refractivity contribution >= 4 is 23.2 Å². The Labute approximate surface area is 138 Å². The fourth-order valence-corrected chi connectivity index (χ4v) is 2.25. The lowest BCUT2D eigenvalue weighted by molar-refractivity contribution is 0.185. The lowest BCUT2D eigenvalue weighted by Crippen LogP contribution is -2.00. The van der Waals surface area contributed by atoms with E-state index in [-0.39, 0.29) is 0 Å². The van der Waals surface area contributed by atoms with Crippen LogP contribution in [0.25, 0.3) is 11.4 Å². The van der Waals surface area contributed by atoms with Gasteiger partial charge in [-0.2, -0.15) is 4.98 Å². The van der Waals surface area contributed by atoms with Crippen molar-refractivity contribution in [3.63, 3.8) is 0 Å². The average Bonchev–Trinajstić information content (AvgIpc) is 2.56. The topological polar surface area (TPSA) is 72.8 Å². The number of nitrogens with one attached hydrogen (secondary N) is 1. The maximum atomic E-state index is 5.90. The Morgan fingerprint density at radius 1 is 1.13 bits per heavy atom. The van der Waals surface area contributed by atoms with Gasteiger partial charge in [-0.25, -0.2) is 15.0 Å². The van der Waals surface area contributed by atoms with Crippen molar-refractivity contribution in [2.24, 2.45) is 0 Å². The number of nitrogens with zero attached hydrogens (tertiary/aromatic N) is 4. The van der Waals surface area contributed by atoms with E-state index in [1.807, 2.05) is 24.3 Å². The highest BCUT2D eigenvalue weighted by atomic mass is 35.5. The number of aromatic nitrogens is 4. The molecule has 0 aliphatic carbocycles. The highest BCUT2D eigenvalue weighted by molar-refractivity contribution is 6.29. The van der Waals surface area contributed by atoms with Crippen LogP contribution in [0.15, 0.2) is 48.9 Å². The smallest absolute Gasteiger partial charge is 0.230 e. The number of benzene rings is 1. The van der Waals surface area contributed by atoms with Crippen LogP contribution in [0.3, 0.4) is 0 Å². The molecule has 116 valence electrons. The number of hydrogen-bond acceptors (Lipinski definition) is 6. The fraction of sp³-hybridized carbons (Fsp3) is 0.125. The monoisotopic (exact) mass is 327 g/mol. The van der Waals surface area contributed by atoms with E-state index in [9.17, 15) is 0 Å². The summed E-state index contributed by atoms with van der Waals surface area (Å²) in [4.78, 5) is 16.7. The number of anilines is 2. The summed E-state index contributed by atoms with van der Waals surface area (Å²) >= 11 is 5.90. The molecule has 1 aromatic carbocycles. The van der Waals surface area contributed by atoms with Crippen LogP contribution >= 0.6 is 11.6 Å². The van der Waals surface area contributed by atoms with Gasteiger partial charge in [0.05, 0.1) is 6.61 Å². The molecular weight excluding hydrogens is 314 g/mol. The maximum absolute atomic E-state index is 5.90. The Kier molecular flexibility index (Phi) is 4.75. The highest BCUT2D eigenvalue weighted by Crippen LogP contribution is 2.20. The molecule has 0 aliphatic heterocycles. The fourth-order valence-electron chi connectivity index (χ4n) is 2.07. The molecule has 7 heteroatoms. The normalized spacial score (nSPS) is 10.5. The molecule has 0 spiro atoms. The predicted molar refractivity (Wildman–Crippen MR) is 88.5 cm³/mol. The molecule has 3 rings (SSSR count). The predicted octanol–water partition coefficient (Wildman–Crippen LogP) is 3.48. The molecule has 1 N–H and O–H groups in total. The second-order valence-electron chi connectivity index (χ2n) is 4.76. The van der Waals surface area contributed by atoms with E-state index < -0.39 is 0 Å². The molecule has 0 aliphatic rings. The Balaban J connectivity index is 1.84. The molecular formula is C16H14ClN5O. The molecule has 0 unspecified atom stereocenters. The van der Waals surface area contributed by atoms with Crippen molar-refractivity contribution in [1.82, 2.24) is 19.9 Å². The zero-order valence-electron chi connectivity index (χ0n) is 12.4. The van der Waals surface area contributed by atoms with Crippen molar-refractivity contribution < 1.29 is 4.74 Å². The highest BCUT2D eigenvalue weighted by Gasteiger charge is 2.05. The Hall–Kier alpha value is -2.57. The minimum absolute atomic E-state index is 0.393. The number of halogens is 1. The summed E-state index contributed by atoms with van der Waals surface area (Å²) in [6, 6.07) is 11.4. The SMILES string of the molecule is COCc1cccc(Nc2ncnc(-c3ccnc(Cl)c3)n2)c1. The van der Waals surface area contributed by atoms with Gasteiger partial charge in [0.25, 0.3) is 0 Å². The quantitative estimate of drug-likeness (QED) is 0.723. The zero-order chi connectivity index (χ0) is 16.1. The van der Waals surface area contributed by atoms with Gasteiger partial charge < -0.3 is 10.1 Å². The van der Waals surface area contributed by atoms with Gasteiger partial charge in [-0.15, -0.1) is 0 Å². The first-order valence-electron chi connectivity index (χ1n) is 6.90. The minimum Gasteiger partial charge on any atom is -0.380 e. The van der Waals surface area contributed by atoms with Crippen molar-refractivity contribution in [3.05, 3.63) is 59.6 Å². The van der Waals surface area contributed by atoms with Crippen LogP contribution in [0.2, 0.25) is 5.15 Å². The lowest BCUT2D eigenvalue weighted by Gasteiger charge is -2.07. The second-order valence-corrected chi connectivity index (χ2v) is 5.15. The molecule has 0 fully saturated rings. The van der Waals surface area contributed by atoms with Gasteiger partial charge in [-0.1, -0.05) is 23.7 Å². The van der Waals surface area contributed by atoms with Crippen LogP contribution in [0.5, 0.6) is 0 Å². The van der Waals surface area contributed by atoms with Crippen molar-refractivity contribution in [2.75, 3.05) is 12.4 Å². The first-order chi connectivity index (χ1) is 11.2. The Bertz CT molecular complexity index is 812. The molecule has 0 radical (unpaired) electrons. The number of methoxy groups -OCH3 is 1. The van der Waals surface area contributed by atoms with E-state index in [0.717, 1.165) is 16.8 Å². The zero-order valence-corrected chi connectivity index (χ0v) is 13.2. The molecule has 0 saturated heterocycles. The van der Waals surface area contributed by atoms with Crippen molar-refractivity contribution in [3.8, 4) is 11.4 Å². The standard InChI is InChI=1S/C16H14ClN5O/c1-23-9-11-3-2-4-13(7-11)21-16-20-10-19-15(22-16)12-5-6-18-14(17)8-12/h2-8,10H,9H2,1H3,(H,19,20,21,22). The summed E-state index contributed by atoms with van der Waals surface area (Å²) in [6.07, 6.45) is 3.07. The van der Waals surface area contributed by atoms with Crippen LogP contribution in [-0.4, -0.2) is 27.0 Å². The molecule has 0 atom stereocenters. The molecule has 6 nitrogen and oxygen atoms in total. The van der Waals surface area contributed by atoms with Crippen molar-refractivity contribution in [1.29, 1.82) is 0 Å². The van der Waals surface area contributed by atoms with E-state index in [0.29, 0.717) is 23.5 Å². The molecule has 0 bridgehead atoms. The van der Waals surface area contributed by atoms with Gasteiger partial charge >= 0.3 is 0 Å². The summed E-state index contributed by atoms with van der Waals surface area (Å²) in [7, 11) is 1.66. The van der Waals surface area contributed by atoms with Gasteiger partial charge in [0.2, 0.25) is 5.95 Å². The minimum atomic E-state index is 0.393. The number of hydrogen-bond donors (Lipinski definition) is 1. The van der Waals surface area contributed by atoms with E-state index in [2.05, 4.69) is 25.3 Å². The maximum Gasteiger partial charge on any atom is 0.230 e. The largest absolute Gasteiger partial charge is 0.380 e. The Morgan fingerprint density at radius 2 is 2.04 bits per heavy atom. The molecule has 23 heavy (non-hydrogen) atoms. The third kappa shape index (κ3) is 4.00. The van der Waals surface area contributed by atoms with Gasteiger partial charge in [-0.05, 0) is 29.8 Å². The first-order valence-corrected chi connectivity index (χ1v) is 7.28. The molecule has 2 heterocycles. The van der Waals surface area contributed by atoms with Crippen LogP contribution in [-0.2, 0) is 11.3 Å². The summed E-state index contributed by atoms with van der Waals surface area (Å²) in [5, 5.41) is 3.55. The van der Waals surface area contributed by atoms with E-state index >= 15 is 0 Å².